The summed E-state index contributed by atoms with van der Waals surface area (Å²) in [5, 5.41) is 3.44. The normalized spacial score (nSPS) is 16.5. The van der Waals surface area contributed by atoms with Gasteiger partial charge in [0.1, 0.15) is 0 Å². The smallest absolute Gasteiger partial charge is 0.0594 e. The Hall–Kier alpha value is -0.800. The molecule has 1 aromatic rings. The fourth-order valence-electron chi connectivity index (χ4n) is 2.58. The largest absolute Gasteiger partial charge is 0.377 e. The zero-order chi connectivity index (χ0) is 12.6. The van der Waals surface area contributed by atoms with Crippen LogP contribution in [0.5, 0.6) is 0 Å². The lowest BCUT2D eigenvalue weighted by Crippen LogP contribution is -2.21. The summed E-state index contributed by atoms with van der Waals surface area (Å²) in [6.07, 6.45) is 11.4. The van der Waals surface area contributed by atoms with Gasteiger partial charge >= 0.3 is 0 Å². The Labute approximate surface area is 111 Å². The Morgan fingerprint density at radius 1 is 1.39 bits per heavy atom. The van der Waals surface area contributed by atoms with Crippen molar-refractivity contribution in [2.45, 2.75) is 58.2 Å². The molecule has 0 saturated heterocycles. The molecule has 1 saturated carbocycles. The van der Waals surface area contributed by atoms with Crippen molar-refractivity contribution in [3.05, 3.63) is 24.0 Å². The Kier molecular flexibility index (Phi) is 5.75. The van der Waals surface area contributed by atoms with Crippen LogP contribution in [0.15, 0.2) is 18.5 Å². The van der Waals surface area contributed by atoms with Crippen LogP contribution in [-0.2, 0) is 17.8 Å². The van der Waals surface area contributed by atoms with E-state index in [-0.39, 0.29) is 0 Å². The maximum absolute atomic E-state index is 5.82. The maximum atomic E-state index is 5.82. The van der Waals surface area contributed by atoms with Crippen LogP contribution < -0.4 is 5.32 Å². The van der Waals surface area contributed by atoms with Crippen LogP contribution in [0.2, 0.25) is 0 Å². The molecule has 1 aliphatic carbocycles. The van der Waals surface area contributed by atoms with Gasteiger partial charge in [0.2, 0.25) is 0 Å². The zero-order valence-electron chi connectivity index (χ0n) is 11.5. The molecule has 0 radical (unpaired) electrons. The quantitative estimate of drug-likeness (QED) is 0.718. The van der Waals surface area contributed by atoms with Crippen LogP contribution in [0.4, 0.5) is 0 Å². The van der Waals surface area contributed by atoms with Gasteiger partial charge in [-0.2, -0.15) is 0 Å². The minimum absolute atomic E-state index is 0.539. The van der Waals surface area contributed by atoms with E-state index in [0.717, 1.165) is 26.2 Å². The summed E-state index contributed by atoms with van der Waals surface area (Å²) in [6.45, 7) is 6.07. The van der Waals surface area contributed by atoms with Gasteiger partial charge in [0.15, 0.2) is 0 Å². The fourth-order valence-corrected chi connectivity index (χ4v) is 2.58. The van der Waals surface area contributed by atoms with Crippen molar-refractivity contribution in [1.82, 2.24) is 9.88 Å². The number of hydrogen-bond donors (Lipinski definition) is 1. The first-order chi connectivity index (χ1) is 8.88. The van der Waals surface area contributed by atoms with E-state index in [0.29, 0.717) is 6.10 Å². The molecule has 102 valence electrons. The third-order valence-electron chi connectivity index (χ3n) is 3.56. The molecular weight excluding hydrogens is 224 g/mol. The van der Waals surface area contributed by atoms with Crippen LogP contribution in [-0.4, -0.2) is 23.8 Å². The van der Waals surface area contributed by atoms with E-state index in [1.807, 2.05) is 0 Å². The number of nitrogens with one attached hydrogen (secondary N) is 1. The molecule has 1 fully saturated rings. The first-order valence-electron chi connectivity index (χ1n) is 7.35. The van der Waals surface area contributed by atoms with Gasteiger partial charge in [-0.25, -0.2) is 0 Å². The molecule has 1 N–H and O–H groups in total. The number of aromatic nitrogens is 1. The summed E-state index contributed by atoms with van der Waals surface area (Å²) >= 11 is 0. The third-order valence-corrected chi connectivity index (χ3v) is 3.56. The molecule has 2 rings (SSSR count). The van der Waals surface area contributed by atoms with Crippen LogP contribution >= 0.6 is 0 Å². The van der Waals surface area contributed by atoms with Crippen LogP contribution in [0, 0.1) is 0 Å². The van der Waals surface area contributed by atoms with E-state index in [1.54, 1.807) is 0 Å². The van der Waals surface area contributed by atoms with Gasteiger partial charge in [0.25, 0.3) is 0 Å². The molecule has 0 atom stereocenters. The van der Waals surface area contributed by atoms with Gasteiger partial charge in [0, 0.05) is 32.0 Å². The number of rotatable bonds is 8. The minimum Gasteiger partial charge on any atom is -0.377 e. The van der Waals surface area contributed by atoms with Crippen molar-refractivity contribution >= 4 is 0 Å². The lowest BCUT2D eigenvalue weighted by atomic mass is 10.3. The van der Waals surface area contributed by atoms with Crippen molar-refractivity contribution in [3.8, 4) is 0 Å². The molecule has 0 unspecified atom stereocenters. The lowest BCUT2D eigenvalue weighted by molar-refractivity contribution is 0.0603. The summed E-state index contributed by atoms with van der Waals surface area (Å²) in [6, 6.07) is 2.19. The summed E-state index contributed by atoms with van der Waals surface area (Å²) in [5.74, 6) is 0. The number of aryl methyl sites for hydroxylation is 1. The molecule has 0 aromatic carbocycles. The molecule has 3 nitrogen and oxygen atoms in total. The van der Waals surface area contributed by atoms with Gasteiger partial charge in [-0.3, -0.25) is 0 Å². The molecule has 1 aromatic heterocycles. The molecular formula is C15H26N2O. The first kappa shape index (κ1) is 13.6. The summed E-state index contributed by atoms with van der Waals surface area (Å²) in [5.41, 5.74) is 1.37. The highest BCUT2D eigenvalue weighted by atomic mass is 16.5. The summed E-state index contributed by atoms with van der Waals surface area (Å²) < 4.78 is 8.07. The molecule has 1 aliphatic rings. The van der Waals surface area contributed by atoms with Crippen molar-refractivity contribution in [2.75, 3.05) is 13.2 Å². The Bertz CT molecular complexity index is 329. The van der Waals surface area contributed by atoms with E-state index >= 15 is 0 Å². The molecule has 0 aliphatic heterocycles. The number of nitrogens with zero attached hydrogens (tertiary/aromatic N) is 1. The monoisotopic (exact) mass is 250 g/mol. The second kappa shape index (κ2) is 7.59. The van der Waals surface area contributed by atoms with Crippen molar-refractivity contribution in [3.63, 3.8) is 0 Å². The van der Waals surface area contributed by atoms with Crippen molar-refractivity contribution < 1.29 is 4.74 Å². The number of hydrogen-bond acceptors (Lipinski definition) is 2. The van der Waals surface area contributed by atoms with Gasteiger partial charge in [-0.05, 0) is 30.9 Å². The standard InChI is InChI=1S/C15H26N2O/c1-2-9-17-10-7-14(13-17)12-16-8-11-18-15-5-3-4-6-15/h7,10,13,15-16H,2-6,8-9,11-12H2,1H3. The van der Waals surface area contributed by atoms with E-state index in [2.05, 4.69) is 35.3 Å². The minimum atomic E-state index is 0.539. The van der Waals surface area contributed by atoms with Crippen LogP contribution in [0.25, 0.3) is 0 Å². The summed E-state index contributed by atoms with van der Waals surface area (Å²) in [7, 11) is 0. The molecule has 3 heteroatoms. The Balaban J connectivity index is 1.54. The average molecular weight is 250 g/mol. The van der Waals surface area contributed by atoms with E-state index in [1.165, 1.54) is 37.7 Å². The van der Waals surface area contributed by atoms with E-state index in [9.17, 15) is 0 Å². The van der Waals surface area contributed by atoms with Gasteiger partial charge in [-0.1, -0.05) is 19.8 Å². The highest BCUT2D eigenvalue weighted by Crippen LogP contribution is 2.20. The van der Waals surface area contributed by atoms with Crippen LogP contribution in [0.1, 0.15) is 44.6 Å². The topological polar surface area (TPSA) is 26.2 Å². The molecule has 0 spiro atoms. The third kappa shape index (κ3) is 4.46. The van der Waals surface area contributed by atoms with Crippen molar-refractivity contribution in [2.24, 2.45) is 0 Å². The van der Waals surface area contributed by atoms with Crippen LogP contribution in [0.3, 0.4) is 0 Å². The van der Waals surface area contributed by atoms with Crippen molar-refractivity contribution in [1.29, 1.82) is 0 Å². The highest BCUT2D eigenvalue weighted by Gasteiger charge is 2.14. The average Bonchev–Trinajstić information content (AvgIpc) is 3.01. The molecule has 0 amide bonds. The number of ether oxygens (including phenoxy) is 1. The molecule has 18 heavy (non-hydrogen) atoms. The van der Waals surface area contributed by atoms with E-state index in [4.69, 9.17) is 4.74 Å². The van der Waals surface area contributed by atoms with Gasteiger partial charge in [-0.15, -0.1) is 0 Å². The van der Waals surface area contributed by atoms with Gasteiger partial charge in [0.05, 0.1) is 12.7 Å². The maximum Gasteiger partial charge on any atom is 0.0594 e. The second-order valence-corrected chi connectivity index (χ2v) is 5.21. The fraction of sp³-hybridized carbons (Fsp3) is 0.733. The Morgan fingerprint density at radius 2 is 2.22 bits per heavy atom. The highest BCUT2D eigenvalue weighted by molar-refractivity contribution is 5.09. The SMILES string of the molecule is CCCn1ccc(CNCCOC2CCCC2)c1. The molecule has 1 heterocycles. The summed E-state index contributed by atoms with van der Waals surface area (Å²) in [4.78, 5) is 0. The predicted octanol–water partition coefficient (Wildman–Crippen LogP) is 2.95. The Morgan fingerprint density at radius 3 is 3.00 bits per heavy atom. The van der Waals surface area contributed by atoms with Gasteiger partial charge < -0.3 is 14.6 Å². The first-order valence-corrected chi connectivity index (χ1v) is 7.35. The van der Waals surface area contributed by atoms with E-state index < -0.39 is 0 Å². The second-order valence-electron chi connectivity index (χ2n) is 5.21. The zero-order valence-corrected chi connectivity index (χ0v) is 11.5. The molecule has 0 bridgehead atoms. The lowest BCUT2D eigenvalue weighted by Gasteiger charge is -2.11. The predicted molar refractivity (Wildman–Crippen MR) is 74.6 cm³/mol.